The van der Waals surface area contributed by atoms with Gasteiger partial charge < -0.3 is 15.0 Å². The highest BCUT2D eigenvalue weighted by atomic mass is 35.5. The zero-order chi connectivity index (χ0) is 14.8. The number of nitrogens with zero attached hydrogens (tertiary/aromatic N) is 1. The highest BCUT2D eigenvalue weighted by Crippen LogP contribution is 2.36. The number of hydrogen-bond acceptors (Lipinski definition) is 4. The first-order valence-corrected chi connectivity index (χ1v) is 6.72. The van der Waals surface area contributed by atoms with Crippen molar-refractivity contribution in [1.82, 2.24) is 5.16 Å². The molecule has 3 aromatic rings. The largest absolute Gasteiger partial charge is 0.497 e. The van der Waals surface area contributed by atoms with E-state index < -0.39 is 0 Å². The minimum absolute atomic E-state index is 0.281. The maximum atomic E-state index is 5.92. The Balaban J connectivity index is 2.09. The lowest BCUT2D eigenvalue weighted by atomic mass is 10.0. The van der Waals surface area contributed by atoms with Gasteiger partial charge in [0.25, 0.3) is 0 Å². The Morgan fingerprint density at radius 2 is 1.62 bits per heavy atom. The van der Waals surface area contributed by atoms with Crippen LogP contribution >= 0.6 is 11.6 Å². The Morgan fingerprint density at radius 1 is 1.00 bits per heavy atom. The molecule has 4 nitrogen and oxygen atoms in total. The molecule has 2 N–H and O–H groups in total. The van der Waals surface area contributed by atoms with Crippen molar-refractivity contribution in [3.63, 3.8) is 0 Å². The molecule has 0 fully saturated rings. The number of aromatic nitrogens is 1. The van der Waals surface area contributed by atoms with Gasteiger partial charge in [0.1, 0.15) is 11.4 Å². The van der Waals surface area contributed by atoms with Crippen LogP contribution < -0.4 is 10.5 Å². The number of nitrogens with two attached hydrogens (primary N) is 1. The molecule has 2 aromatic carbocycles. The topological polar surface area (TPSA) is 61.3 Å². The molecule has 1 heterocycles. The lowest BCUT2D eigenvalue weighted by Crippen LogP contribution is -1.88. The predicted octanol–water partition coefficient (Wildman–Crippen LogP) is 4.25. The van der Waals surface area contributed by atoms with Crippen LogP contribution in [0.2, 0.25) is 5.02 Å². The van der Waals surface area contributed by atoms with E-state index >= 15 is 0 Å². The van der Waals surface area contributed by atoms with Gasteiger partial charge in [0.15, 0.2) is 0 Å². The average molecular weight is 301 g/mol. The molecule has 0 bridgehead atoms. The maximum absolute atomic E-state index is 5.92. The van der Waals surface area contributed by atoms with Crippen LogP contribution in [0.5, 0.6) is 5.75 Å². The summed E-state index contributed by atoms with van der Waals surface area (Å²) in [5, 5.41) is 4.73. The first-order chi connectivity index (χ1) is 10.2. The molecule has 0 amide bonds. The zero-order valence-corrected chi connectivity index (χ0v) is 12.1. The Kier molecular flexibility index (Phi) is 3.54. The number of anilines is 1. The summed E-state index contributed by atoms with van der Waals surface area (Å²) in [5.41, 5.74) is 9.18. The van der Waals surface area contributed by atoms with Crippen molar-refractivity contribution in [2.75, 3.05) is 12.8 Å². The molecule has 21 heavy (non-hydrogen) atoms. The number of ether oxygens (including phenoxy) is 1. The van der Waals surface area contributed by atoms with Gasteiger partial charge in [-0.2, -0.15) is 0 Å². The third kappa shape index (κ3) is 2.58. The molecule has 0 radical (unpaired) electrons. The minimum atomic E-state index is 0.281. The van der Waals surface area contributed by atoms with Crippen LogP contribution in [-0.2, 0) is 0 Å². The third-order valence-electron chi connectivity index (χ3n) is 3.21. The molecule has 0 spiro atoms. The van der Waals surface area contributed by atoms with Gasteiger partial charge in [0, 0.05) is 10.6 Å². The van der Waals surface area contributed by atoms with Gasteiger partial charge in [0.2, 0.25) is 5.88 Å². The second kappa shape index (κ2) is 5.50. The van der Waals surface area contributed by atoms with Gasteiger partial charge >= 0.3 is 0 Å². The Labute approximate surface area is 127 Å². The van der Waals surface area contributed by atoms with Gasteiger partial charge in [-0.25, -0.2) is 0 Å². The molecule has 0 aliphatic rings. The summed E-state index contributed by atoms with van der Waals surface area (Å²) in [6, 6.07) is 14.9. The lowest BCUT2D eigenvalue weighted by Gasteiger charge is -2.04. The van der Waals surface area contributed by atoms with E-state index in [1.165, 1.54) is 0 Å². The molecular weight excluding hydrogens is 288 g/mol. The molecule has 3 rings (SSSR count). The summed E-state index contributed by atoms with van der Waals surface area (Å²) in [6.07, 6.45) is 0. The highest BCUT2D eigenvalue weighted by Gasteiger charge is 2.17. The third-order valence-corrected chi connectivity index (χ3v) is 3.47. The van der Waals surface area contributed by atoms with E-state index in [9.17, 15) is 0 Å². The van der Waals surface area contributed by atoms with Gasteiger partial charge in [-0.1, -0.05) is 28.9 Å². The summed E-state index contributed by atoms with van der Waals surface area (Å²) in [5.74, 6) is 1.06. The number of benzene rings is 2. The van der Waals surface area contributed by atoms with E-state index in [0.29, 0.717) is 10.7 Å². The Bertz CT molecular complexity index is 749. The van der Waals surface area contributed by atoms with Gasteiger partial charge in [-0.3, -0.25) is 0 Å². The van der Waals surface area contributed by atoms with E-state index in [2.05, 4.69) is 5.16 Å². The van der Waals surface area contributed by atoms with Crippen molar-refractivity contribution in [3.8, 4) is 28.1 Å². The van der Waals surface area contributed by atoms with Crippen LogP contribution in [0.25, 0.3) is 22.4 Å². The van der Waals surface area contributed by atoms with Gasteiger partial charge in [0.05, 0.1) is 12.7 Å². The van der Waals surface area contributed by atoms with Crippen molar-refractivity contribution in [3.05, 3.63) is 53.6 Å². The van der Waals surface area contributed by atoms with Crippen LogP contribution in [0.1, 0.15) is 0 Å². The maximum Gasteiger partial charge on any atom is 0.230 e. The van der Waals surface area contributed by atoms with Crippen molar-refractivity contribution in [1.29, 1.82) is 0 Å². The monoisotopic (exact) mass is 300 g/mol. The molecular formula is C16H13ClN2O2. The Hall–Kier alpha value is -2.46. The smallest absolute Gasteiger partial charge is 0.230 e. The fraction of sp³-hybridized carbons (Fsp3) is 0.0625. The highest BCUT2D eigenvalue weighted by molar-refractivity contribution is 6.30. The quantitative estimate of drug-likeness (QED) is 0.785. The van der Waals surface area contributed by atoms with E-state index in [4.69, 9.17) is 26.6 Å². The number of methoxy groups -OCH3 is 1. The van der Waals surface area contributed by atoms with E-state index in [1.807, 2.05) is 36.4 Å². The van der Waals surface area contributed by atoms with E-state index in [-0.39, 0.29) is 5.88 Å². The van der Waals surface area contributed by atoms with Crippen LogP contribution in [0, 0.1) is 0 Å². The summed E-state index contributed by atoms with van der Waals surface area (Å²) < 4.78 is 10.3. The Morgan fingerprint density at radius 3 is 2.24 bits per heavy atom. The van der Waals surface area contributed by atoms with Crippen LogP contribution in [0.4, 0.5) is 5.88 Å². The van der Waals surface area contributed by atoms with Crippen LogP contribution in [-0.4, -0.2) is 12.3 Å². The summed E-state index contributed by atoms with van der Waals surface area (Å²) >= 11 is 5.92. The van der Waals surface area contributed by atoms with Crippen molar-refractivity contribution < 1.29 is 9.26 Å². The standard InChI is InChI=1S/C16H13ClN2O2/c1-20-13-8-4-11(5-9-13)15-14(16(18)21-19-15)10-2-6-12(17)7-3-10/h2-9H,18H2,1H3. The van der Waals surface area contributed by atoms with E-state index in [0.717, 1.165) is 22.4 Å². The van der Waals surface area contributed by atoms with Gasteiger partial charge in [-0.05, 0) is 42.0 Å². The summed E-state index contributed by atoms with van der Waals surface area (Å²) in [7, 11) is 1.63. The van der Waals surface area contributed by atoms with Gasteiger partial charge in [-0.15, -0.1) is 0 Å². The molecule has 0 aliphatic carbocycles. The lowest BCUT2D eigenvalue weighted by molar-refractivity contribution is 0.415. The van der Waals surface area contributed by atoms with Crippen LogP contribution in [0.3, 0.4) is 0 Å². The van der Waals surface area contributed by atoms with Crippen molar-refractivity contribution in [2.24, 2.45) is 0 Å². The number of halogens is 1. The minimum Gasteiger partial charge on any atom is -0.497 e. The predicted molar refractivity (Wildman–Crippen MR) is 83.3 cm³/mol. The first kappa shape index (κ1) is 13.5. The average Bonchev–Trinajstić information content (AvgIpc) is 2.90. The molecule has 0 atom stereocenters. The van der Waals surface area contributed by atoms with E-state index in [1.54, 1.807) is 19.2 Å². The first-order valence-electron chi connectivity index (χ1n) is 6.34. The molecule has 1 aromatic heterocycles. The zero-order valence-electron chi connectivity index (χ0n) is 11.3. The number of nitrogen functional groups attached to an aromatic ring is 1. The second-order valence-corrected chi connectivity index (χ2v) is 4.94. The molecule has 0 saturated carbocycles. The SMILES string of the molecule is COc1ccc(-c2noc(N)c2-c2ccc(Cl)cc2)cc1. The molecule has 0 aliphatic heterocycles. The molecule has 5 heteroatoms. The number of hydrogen-bond donors (Lipinski definition) is 1. The molecule has 0 unspecified atom stereocenters. The van der Waals surface area contributed by atoms with Crippen LogP contribution in [0.15, 0.2) is 53.1 Å². The normalized spacial score (nSPS) is 10.6. The second-order valence-electron chi connectivity index (χ2n) is 4.51. The van der Waals surface area contributed by atoms with Crippen molar-refractivity contribution in [2.45, 2.75) is 0 Å². The number of rotatable bonds is 3. The fourth-order valence-corrected chi connectivity index (χ4v) is 2.27. The van der Waals surface area contributed by atoms with Crippen molar-refractivity contribution >= 4 is 17.5 Å². The summed E-state index contributed by atoms with van der Waals surface area (Å²) in [4.78, 5) is 0. The fourth-order valence-electron chi connectivity index (χ4n) is 2.14. The molecule has 0 saturated heterocycles. The molecule has 106 valence electrons. The summed E-state index contributed by atoms with van der Waals surface area (Å²) in [6.45, 7) is 0.